The lowest BCUT2D eigenvalue weighted by atomic mass is 10.1. The highest BCUT2D eigenvalue weighted by molar-refractivity contribution is 7.98. The van der Waals surface area contributed by atoms with Crippen molar-refractivity contribution >= 4 is 39.1 Å². The SMILES string of the molecule is CNc1nc(CSc2ccc(C)c(C)c2)nc2sccc12. The highest BCUT2D eigenvalue weighted by atomic mass is 32.2. The van der Waals surface area contributed by atoms with E-state index in [1.54, 1.807) is 23.1 Å². The van der Waals surface area contributed by atoms with Crippen LogP contribution in [-0.2, 0) is 5.75 Å². The standard InChI is InChI=1S/C16H17N3S2/c1-10-4-5-12(8-11(10)2)21-9-14-18-15(17-3)13-6-7-20-16(13)19-14/h4-8H,9H2,1-3H3,(H,17,18,19). The fourth-order valence-electron chi connectivity index (χ4n) is 2.11. The van der Waals surface area contributed by atoms with Crippen molar-refractivity contribution in [2.45, 2.75) is 24.5 Å². The molecule has 1 N–H and O–H groups in total. The molecule has 1 aromatic carbocycles. The Labute approximate surface area is 132 Å². The Balaban J connectivity index is 1.82. The van der Waals surface area contributed by atoms with E-state index in [-0.39, 0.29) is 0 Å². The van der Waals surface area contributed by atoms with Crippen LogP contribution in [0.1, 0.15) is 17.0 Å². The predicted molar refractivity (Wildman–Crippen MR) is 92.4 cm³/mol. The topological polar surface area (TPSA) is 37.8 Å². The average molecular weight is 315 g/mol. The summed E-state index contributed by atoms with van der Waals surface area (Å²) in [6.07, 6.45) is 0. The Morgan fingerprint density at radius 2 is 2.00 bits per heavy atom. The van der Waals surface area contributed by atoms with Gasteiger partial charge in [-0.25, -0.2) is 9.97 Å². The van der Waals surface area contributed by atoms with E-state index in [4.69, 9.17) is 0 Å². The van der Waals surface area contributed by atoms with Crippen LogP contribution in [-0.4, -0.2) is 17.0 Å². The molecule has 0 bridgehead atoms. The molecule has 0 unspecified atom stereocenters. The summed E-state index contributed by atoms with van der Waals surface area (Å²) in [5.41, 5.74) is 2.65. The Bertz CT molecular complexity index is 780. The van der Waals surface area contributed by atoms with Gasteiger partial charge in [-0.1, -0.05) is 6.07 Å². The molecule has 0 saturated carbocycles. The van der Waals surface area contributed by atoms with Gasteiger partial charge >= 0.3 is 0 Å². The first-order valence-corrected chi connectivity index (χ1v) is 8.66. The predicted octanol–water partition coefficient (Wildman–Crippen LogP) is 4.64. The normalized spacial score (nSPS) is 11.0. The number of fused-ring (bicyclic) bond motifs is 1. The maximum Gasteiger partial charge on any atom is 0.142 e. The minimum atomic E-state index is 0.783. The molecule has 21 heavy (non-hydrogen) atoms. The lowest BCUT2D eigenvalue weighted by Crippen LogP contribution is -1.99. The van der Waals surface area contributed by atoms with Crippen molar-refractivity contribution in [1.29, 1.82) is 0 Å². The fraction of sp³-hybridized carbons (Fsp3) is 0.250. The zero-order chi connectivity index (χ0) is 14.8. The van der Waals surface area contributed by atoms with Crippen molar-refractivity contribution < 1.29 is 0 Å². The van der Waals surface area contributed by atoms with E-state index >= 15 is 0 Å². The molecule has 3 nitrogen and oxygen atoms in total. The zero-order valence-electron chi connectivity index (χ0n) is 12.3. The number of rotatable bonds is 4. The van der Waals surface area contributed by atoms with Gasteiger partial charge in [0.1, 0.15) is 16.5 Å². The first-order chi connectivity index (χ1) is 10.2. The van der Waals surface area contributed by atoms with Crippen molar-refractivity contribution in [1.82, 2.24) is 9.97 Å². The number of hydrogen-bond acceptors (Lipinski definition) is 5. The first kappa shape index (κ1) is 14.4. The third-order valence-electron chi connectivity index (χ3n) is 3.45. The van der Waals surface area contributed by atoms with Crippen LogP contribution in [0.3, 0.4) is 0 Å². The van der Waals surface area contributed by atoms with Gasteiger partial charge in [0, 0.05) is 11.9 Å². The Morgan fingerprint density at radius 1 is 1.14 bits per heavy atom. The van der Waals surface area contributed by atoms with Crippen LogP contribution in [0, 0.1) is 13.8 Å². The molecule has 0 saturated heterocycles. The second-order valence-electron chi connectivity index (χ2n) is 4.91. The molecule has 0 radical (unpaired) electrons. The van der Waals surface area contributed by atoms with E-state index in [9.17, 15) is 0 Å². The van der Waals surface area contributed by atoms with Gasteiger partial charge in [0.25, 0.3) is 0 Å². The lowest BCUT2D eigenvalue weighted by molar-refractivity contribution is 1.07. The number of hydrogen-bond donors (Lipinski definition) is 1. The van der Waals surface area contributed by atoms with Crippen LogP contribution in [0.15, 0.2) is 34.5 Å². The van der Waals surface area contributed by atoms with E-state index in [2.05, 4.69) is 58.8 Å². The van der Waals surface area contributed by atoms with Gasteiger partial charge in [-0.3, -0.25) is 0 Å². The molecule has 3 rings (SSSR count). The summed E-state index contributed by atoms with van der Waals surface area (Å²) >= 11 is 3.44. The van der Waals surface area contributed by atoms with Crippen LogP contribution in [0.4, 0.5) is 5.82 Å². The summed E-state index contributed by atoms with van der Waals surface area (Å²) in [6.45, 7) is 4.28. The van der Waals surface area contributed by atoms with Crippen molar-refractivity contribution in [3.8, 4) is 0 Å². The first-order valence-electron chi connectivity index (χ1n) is 6.79. The number of thiophene rings is 1. The number of aryl methyl sites for hydroxylation is 2. The van der Waals surface area contributed by atoms with Crippen LogP contribution >= 0.6 is 23.1 Å². The van der Waals surface area contributed by atoms with Crippen LogP contribution < -0.4 is 5.32 Å². The molecule has 0 atom stereocenters. The number of benzene rings is 1. The van der Waals surface area contributed by atoms with Crippen molar-refractivity contribution in [2.24, 2.45) is 0 Å². The molecule has 0 aliphatic heterocycles. The maximum atomic E-state index is 4.65. The Morgan fingerprint density at radius 3 is 2.76 bits per heavy atom. The van der Waals surface area contributed by atoms with Gasteiger partial charge in [-0.15, -0.1) is 23.1 Å². The fourth-order valence-corrected chi connectivity index (χ4v) is 3.74. The molecule has 0 fully saturated rings. The van der Waals surface area contributed by atoms with Gasteiger partial charge < -0.3 is 5.32 Å². The summed E-state index contributed by atoms with van der Waals surface area (Å²) in [6, 6.07) is 8.62. The largest absolute Gasteiger partial charge is 0.372 e. The maximum absolute atomic E-state index is 4.65. The Hall–Kier alpha value is -1.59. The monoisotopic (exact) mass is 315 g/mol. The smallest absolute Gasteiger partial charge is 0.142 e. The number of anilines is 1. The van der Waals surface area contributed by atoms with Crippen molar-refractivity contribution in [2.75, 3.05) is 12.4 Å². The molecule has 3 aromatic rings. The van der Waals surface area contributed by atoms with E-state index in [0.717, 1.165) is 27.6 Å². The molecule has 2 aromatic heterocycles. The number of thioether (sulfide) groups is 1. The second kappa shape index (κ2) is 6.03. The molecule has 5 heteroatoms. The lowest BCUT2D eigenvalue weighted by Gasteiger charge is -2.07. The Kier molecular flexibility index (Phi) is 4.12. The zero-order valence-corrected chi connectivity index (χ0v) is 13.9. The average Bonchev–Trinajstić information content (AvgIpc) is 2.96. The van der Waals surface area contributed by atoms with E-state index in [1.165, 1.54) is 16.0 Å². The molecule has 2 heterocycles. The molecular formula is C16H17N3S2. The van der Waals surface area contributed by atoms with E-state index in [1.807, 2.05) is 7.05 Å². The summed E-state index contributed by atoms with van der Waals surface area (Å²) in [7, 11) is 1.90. The summed E-state index contributed by atoms with van der Waals surface area (Å²) in [5.74, 6) is 2.57. The highest BCUT2D eigenvalue weighted by Gasteiger charge is 2.08. The molecule has 0 aliphatic carbocycles. The van der Waals surface area contributed by atoms with Crippen LogP contribution in [0.25, 0.3) is 10.2 Å². The second-order valence-corrected chi connectivity index (χ2v) is 6.86. The highest BCUT2D eigenvalue weighted by Crippen LogP contribution is 2.28. The molecule has 0 spiro atoms. The van der Waals surface area contributed by atoms with Gasteiger partial charge in [0.05, 0.1) is 11.1 Å². The third-order valence-corrected chi connectivity index (χ3v) is 5.25. The molecule has 0 aliphatic rings. The van der Waals surface area contributed by atoms with Crippen LogP contribution in [0.2, 0.25) is 0 Å². The molecular weight excluding hydrogens is 298 g/mol. The van der Waals surface area contributed by atoms with Crippen molar-refractivity contribution in [3.05, 3.63) is 46.6 Å². The van der Waals surface area contributed by atoms with Gasteiger partial charge in [0.2, 0.25) is 0 Å². The number of aromatic nitrogens is 2. The van der Waals surface area contributed by atoms with E-state index < -0.39 is 0 Å². The minimum absolute atomic E-state index is 0.783. The quantitative estimate of drug-likeness (QED) is 0.712. The minimum Gasteiger partial charge on any atom is -0.372 e. The summed E-state index contributed by atoms with van der Waals surface area (Å²) < 4.78 is 0. The number of nitrogens with one attached hydrogen (secondary N) is 1. The summed E-state index contributed by atoms with van der Waals surface area (Å²) in [5, 5.41) is 6.31. The van der Waals surface area contributed by atoms with Gasteiger partial charge in [0.15, 0.2) is 0 Å². The molecule has 0 amide bonds. The van der Waals surface area contributed by atoms with Gasteiger partial charge in [-0.2, -0.15) is 0 Å². The summed E-state index contributed by atoms with van der Waals surface area (Å²) in [4.78, 5) is 11.6. The number of nitrogens with zero attached hydrogens (tertiary/aromatic N) is 2. The van der Waals surface area contributed by atoms with Crippen molar-refractivity contribution in [3.63, 3.8) is 0 Å². The third kappa shape index (κ3) is 3.04. The van der Waals surface area contributed by atoms with E-state index in [0.29, 0.717) is 0 Å². The van der Waals surface area contributed by atoms with Gasteiger partial charge in [-0.05, 0) is 48.6 Å². The molecule has 108 valence electrons. The van der Waals surface area contributed by atoms with Crippen LogP contribution in [0.5, 0.6) is 0 Å².